The molecule has 0 aliphatic rings. The fourth-order valence-corrected chi connectivity index (χ4v) is 3.91. The summed E-state index contributed by atoms with van der Waals surface area (Å²) in [7, 11) is 0. The van der Waals surface area contributed by atoms with Gasteiger partial charge < -0.3 is 15.4 Å². The molecule has 41 heavy (non-hydrogen) atoms. The minimum absolute atomic E-state index is 0.202. The van der Waals surface area contributed by atoms with Crippen molar-refractivity contribution in [2.45, 2.75) is 25.6 Å². The van der Waals surface area contributed by atoms with Gasteiger partial charge in [0.1, 0.15) is 12.0 Å². The van der Waals surface area contributed by atoms with Crippen LogP contribution in [0.25, 0.3) is 22.3 Å². The number of carboxylic acids is 1. The van der Waals surface area contributed by atoms with Crippen LogP contribution < -0.4 is 5.32 Å². The van der Waals surface area contributed by atoms with E-state index in [0.29, 0.717) is 5.56 Å². The number of alkyl halides is 3. The monoisotopic (exact) mass is 561 g/mol. The fraction of sp³-hybridized carbons (Fsp3) is 0.143. The highest BCUT2D eigenvalue weighted by molar-refractivity contribution is 6.04. The Morgan fingerprint density at radius 3 is 2.56 bits per heavy atom. The van der Waals surface area contributed by atoms with Crippen molar-refractivity contribution in [3.8, 4) is 17.3 Å². The van der Waals surface area contributed by atoms with Crippen LogP contribution in [0.3, 0.4) is 0 Å². The lowest BCUT2D eigenvalue weighted by atomic mass is 10.0. The SMILES string of the molecule is Cc1ccc(NC(=O)c2cccc(C(CC#N)n3cc(-c4ncnc5[nH]ccc45)cn3)c2)cc1.O=C(O)C(F)(F)F. The Morgan fingerprint density at radius 2 is 1.88 bits per heavy atom. The summed E-state index contributed by atoms with van der Waals surface area (Å²) in [5.41, 5.74) is 5.52. The summed E-state index contributed by atoms with van der Waals surface area (Å²) in [6.45, 7) is 2.00. The Bertz CT molecular complexity index is 1720. The lowest BCUT2D eigenvalue weighted by molar-refractivity contribution is -0.192. The second kappa shape index (κ2) is 12.1. The number of nitrogens with zero attached hydrogens (tertiary/aromatic N) is 5. The number of carbonyl (C=O) groups excluding carboxylic acids is 1. The fourth-order valence-electron chi connectivity index (χ4n) is 3.91. The highest BCUT2D eigenvalue weighted by Gasteiger charge is 2.38. The first kappa shape index (κ1) is 28.5. The first-order chi connectivity index (χ1) is 19.6. The molecule has 0 spiro atoms. The van der Waals surface area contributed by atoms with Crippen LogP contribution >= 0.6 is 0 Å². The molecule has 0 fully saturated rings. The molecule has 13 heteroatoms. The van der Waals surface area contributed by atoms with Gasteiger partial charge in [0.2, 0.25) is 0 Å². The number of carboxylic acid groups (broad SMARTS) is 1. The zero-order valence-corrected chi connectivity index (χ0v) is 21.4. The van der Waals surface area contributed by atoms with E-state index < -0.39 is 12.1 Å². The number of aromatic amines is 1. The molecule has 0 bridgehead atoms. The first-order valence-corrected chi connectivity index (χ1v) is 12.0. The maximum atomic E-state index is 12.8. The van der Waals surface area contributed by atoms with Gasteiger partial charge in [0, 0.05) is 34.6 Å². The molecule has 3 heterocycles. The van der Waals surface area contributed by atoms with Crippen molar-refractivity contribution < 1.29 is 27.9 Å². The Kier molecular flexibility index (Phi) is 8.43. The van der Waals surface area contributed by atoms with E-state index in [9.17, 15) is 23.2 Å². The van der Waals surface area contributed by atoms with Crippen molar-refractivity contribution in [3.05, 3.63) is 96.2 Å². The molecule has 5 rings (SSSR count). The van der Waals surface area contributed by atoms with Gasteiger partial charge in [-0.25, -0.2) is 14.8 Å². The van der Waals surface area contributed by atoms with E-state index in [0.717, 1.165) is 39.1 Å². The standard InChI is InChI=1S/C26H21N7O.C2HF3O2/c1-17-5-7-21(8-6-17)32-26(34)19-4-2-3-18(13-19)23(9-11-27)33-15-20(14-31-33)24-22-10-12-28-25(22)30-16-29-24;3-2(4,5)1(6)7/h2-8,10,12-16,23H,9H2,1H3,(H,32,34)(H,28,29,30);(H,6,7). The summed E-state index contributed by atoms with van der Waals surface area (Å²) in [5.74, 6) is -2.97. The summed E-state index contributed by atoms with van der Waals surface area (Å²) in [5, 5.41) is 25.0. The molecule has 3 aromatic heterocycles. The third kappa shape index (κ3) is 6.93. The van der Waals surface area contributed by atoms with Crippen LogP contribution in [-0.2, 0) is 4.79 Å². The number of hydrogen-bond donors (Lipinski definition) is 3. The van der Waals surface area contributed by atoms with Crippen LogP contribution in [0.4, 0.5) is 18.9 Å². The van der Waals surface area contributed by atoms with Crippen molar-refractivity contribution in [2.75, 3.05) is 5.32 Å². The third-order valence-corrected chi connectivity index (χ3v) is 5.92. The molecule has 10 nitrogen and oxygen atoms in total. The topological polar surface area (TPSA) is 150 Å². The predicted octanol–water partition coefficient (Wildman–Crippen LogP) is 5.52. The van der Waals surface area contributed by atoms with Gasteiger partial charge in [-0.05, 0) is 42.8 Å². The van der Waals surface area contributed by atoms with Crippen LogP contribution in [0, 0.1) is 18.3 Å². The number of anilines is 1. The normalized spacial score (nSPS) is 11.7. The van der Waals surface area contributed by atoms with Crippen LogP contribution in [0.15, 0.2) is 79.5 Å². The number of halogens is 3. The predicted molar refractivity (Wildman–Crippen MR) is 143 cm³/mol. The quantitative estimate of drug-likeness (QED) is 0.247. The van der Waals surface area contributed by atoms with Crippen molar-refractivity contribution in [1.82, 2.24) is 24.7 Å². The zero-order valence-electron chi connectivity index (χ0n) is 21.4. The molecule has 0 aliphatic carbocycles. The molecular formula is C28H22F3N7O3. The van der Waals surface area contributed by atoms with Gasteiger partial charge in [-0.3, -0.25) is 9.48 Å². The number of carbonyl (C=O) groups is 2. The smallest absolute Gasteiger partial charge is 0.475 e. The molecule has 3 N–H and O–H groups in total. The Morgan fingerprint density at radius 1 is 1.15 bits per heavy atom. The van der Waals surface area contributed by atoms with E-state index in [2.05, 4.69) is 31.4 Å². The van der Waals surface area contributed by atoms with E-state index in [4.69, 9.17) is 9.90 Å². The lowest BCUT2D eigenvalue weighted by Crippen LogP contribution is -2.21. The Labute approximate surface area is 231 Å². The van der Waals surface area contributed by atoms with E-state index >= 15 is 0 Å². The second-order valence-electron chi connectivity index (χ2n) is 8.80. The number of hydrogen-bond acceptors (Lipinski definition) is 6. The number of H-pyrrole nitrogens is 1. The van der Waals surface area contributed by atoms with Gasteiger partial charge in [0.05, 0.1) is 30.4 Å². The second-order valence-corrected chi connectivity index (χ2v) is 8.80. The van der Waals surface area contributed by atoms with E-state index in [1.54, 1.807) is 16.9 Å². The maximum Gasteiger partial charge on any atom is 0.490 e. The molecule has 1 amide bonds. The van der Waals surface area contributed by atoms with E-state index in [1.165, 1.54) is 6.33 Å². The number of aliphatic carboxylic acids is 1. The van der Waals surface area contributed by atoms with Crippen LogP contribution in [-0.4, -0.2) is 47.9 Å². The summed E-state index contributed by atoms with van der Waals surface area (Å²) in [4.78, 5) is 33.5. The summed E-state index contributed by atoms with van der Waals surface area (Å²) >= 11 is 0. The average molecular weight is 562 g/mol. The molecule has 0 radical (unpaired) electrons. The molecule has 0 saturated heterocycles. The Hall–Kier alpha value is -5.51. The van der Waals surface area contributed by atoms with E-state index in [1.807, 2.05) is 67.8 Å². The van der Waals surface area contributed by atoms with Gasteiger partial charge in [0.25, 0.3) is 5.91 Å². The Balaban J connectivity index is 0.000000493. The zero-order chi connectivity index (χ0) is 29.6. The lowest BCUT2D eigenvalue weighted by Gasteiger charge is -2.16. The summed E-state index contributed by atoms with van der Waals surface area (Å²) in [6.07, 6.45) is 2.05. The van der Waals surface area contributed by atoms with Crippen molar-refractivity contribution in [3.63, 3.8) is 0 Å². The van der Waals surface area contributed by atoms with Crippen LogP contribution in [0.2, 0.25) is 0 Å². The van der Waals surface area contributed by atoms with Gasteiger partial charge in [-0.15, -0.1) is 0 Å². The molecular weight excluding hydrogens is 539 g/mol. The van der Waals surface area contributed by atoms with Gasteiger partial charge in [-0.2, -0.15) is 23.5 Å². The minimum Gasteiger partial charge on any atom is -0.475 e. The molecule has 1 unspecified atom stereocenters. The number of nitrogens with one attached hydrogen (secondary N) is 2. The van der Waals surface area contributed by atoms with Crippen LogP contribution in [0.1, 0.15) is 33.9 Å². The van der Waals surface area contributed by atoms with Crippen molar-refractivity contribution in [2.24, 2.45) is 0 Å². The number of fused-ring (bicyclic) bond motifs is 1. The van der Waals surface area contributed by atoms with Gasteiger partial charge >= 0.3 is 12.1 Å². The minimum atomic E-state index is -5.08. The number of rotatable bonds is 6. The number of amides is 1. The van der Waals surface area contributed by atoms with Gasteiger partial charge in [-0.1, -0.05) is 29.8 Å². The molecule has 208 valence electrons. The largest absolute Gasteiger partial charge is 0.490 e. The molecule has 1 atom stereocenters. The number of aromatic nitrogens is 5. The average Bonchev–Trinajstić information content (AvgIpc) is 3.63. The van der Waals surface area contributed by atoms with Crippen molar-refractivity contribution in [1.29, 1.82) is 5.26 Å². The number of aryl methyl sites for hydroxylation is 1. The number of nitriles is 1. The molecule has 0 saturated carbocycles. The summed E-state index contributed by atoms with van der Waals surface area (Å²) in [6, 6.07) is 18.7. The summed E-state index contributed by atoms with van der Waals surface area (Å²) < 4.78 is 33.5. The molecule has 5 aromatic rings. The maximum absolute atomic E-state index is 12.8. The molecule has 2 aromatic carbocycles. The van der Waals surface area contributed by atoms with E-state index in [-0.39, 0.29) is 18.4 Å². The molecule has 0 aliphatic heterocycles. The highest BCUT2D eigenvalue weighted by atomic mass is 19.4. The van der Waals surface area contributed by atoms with Crippen LogP contribution in [0.5, 0.6) is 0 Å². The first-order valence-electron chi connectivity index (χ1n) is 12.0. The van der Waals surface area contributed by atoms with Gasteiger partial charge in [0.15, 0.2) is 0 Å². The highest BCUT2D eigenvalue weighted by Crippen LogP contribution is 2.28. The van der Waals surface area contributed by atoms with Crippen molar-refractivity contribution >= 4 is 28.6 Å². The number of benzene rings is 2. The third-order valence-electron chi connectivity index (χ3n) is 5.92.